The van der Waals surface area contributed by atoms with E-state index in [0.29, 0.717) is 12.8 Å². The molecule has 1 saturated carbocycles. The van der Waals surface area contributed by atoms with Gasteiger partial charge in [0.05, 0.1) is 6.10 Å². The number of halogens is 5. The predicted molar refractivity (Wildman–Crippen MR) is 117 cm³/mol. The van der Waals surface area contributed by atoms with E-state index in [1.54, 1.807) is 0 Å². The molecule has 1 aromatic heterocycles. The molecule has 0 radical (unpaired) electrons. The van der Waals surface area contributed by atoms with Gasteiger partial charge in [0.25, 0.3) is 11.8 Å². The van der Waals surface area contributed by atoms with Gasteiger partial charge in [-0.05, 0) is 44.4 Å². The first-order valence-electron chi connectivity index (χ1n) is 11.3. The van der Waals surface area contributed by atoms with Gasteiger partial charge < -0.3 is 20.5 Å². The molecule has 4 atom stereocenters. The van der Waals surface area contributed by atoms with Crippen LogP contribution in [0.5, 0.6) is 5.75 Å². The number of primary amides is 1. The van der Waals surface area contributed by atoms with E-state index in [1.165, 1.54) is 19.2 Å². The number of ether oxygens (including phenoxy) is 2. The summed E-state index contributed by atoms with van der Waals surface area (Å²) < 4.78 is 82.4. The van der Waals surface area contributed by atoms with Crippen LogP contribution in [0.4, 0.5) is 27.6 Å². The van der Waals surface area contributed by atoms with Gasteiger partial charge in [-0.1, -0.05) is 13.0 Å². The molecule has 1 aromatic carbocycles. The highest BCUT2D eigenvalue weighted by atomic mass is 19.4. The number of anilines is 1. The zero-order valence-corrected chi connectivity index (χ0v) is 19.4. The minimum Gasteiger partial charge on any atom is -0.487 e. The van der Waals surface area contributed by atoms with Crippen LogP contribution in [-0.2, 0) is 9.53 Å². The molecule has 1 aliphatic carbocycles. The summed E-state index contributed by atoms with van der Waals surface area (Å²) in [5, 5.41) is 2.41. The SMILES string of the molecule is CC1C(c2ccc(F)c(F)c2OC2CCC2)C(C(=O)Nc2ccnc(C(N)=O)c2)OC1(C)C(F)(F)F. The van der Waals surface area contributed by atoms with E-state index >= 15 is 0 Å². The molecule has 1 aliphatic heterocycles. The maximum atomic E-state index is 14.9. The fourth-order valence-electron chi connectivity index (χ4n) is 4.46. The number of carbonyl (C=O) groups is 2. The average molecular weight is 513 g/mol. The zero-order valence-electron chi connectivity index (χ0n) is 19.4. The summed E-state index contributed by atoms with van der Waals surface area (Å²) in [6.45, 7) is 2.04. The highest BCUT2D eigenvalue weighted by Crippen LogP contribution is 2.55. The van der Waals surface area contributed by atoms with Crippen molar-refractivity contribution in [3.05, 3.63) is 53.4 Å². The summed E-state index contributed by atoms with van der Waals surface area (Å²) in [7, 11) is 0. The number of nitrogens with zero attached hydrogens (tertiary/aromatic N) is 1. The van der Waals surface area contributed by atoms with Crippen molar-refractivity contribution in [1.82, 2.24) is 4.98 Å². The molecular weight excluding hydrogens is 489 g/mol. The van der Waals surface area contributed by atoms with Crippen molar-refractivity contribution in [2.75, 3.05) is 5.32 Å². The van der Waals surface area contributed by atoms with E-state index in [4.69, 9.17) is 15.2 Å². The quantitative estimate of drug-likeness (QED) is 0.555. The lowest BCUT2D eigenvalue weighted by atomic mass is 9.76. The number of carbonyl (C=O) groups excluding carboxylic acids is 2. The van der Waals surface area contributed by atoms with Crippen LogP contribution >= 0.6 is 0 Å². The Kier molecular flexibility index (Phi) is 6.67. The lowest BCUT2D eigenvalue weighted by Gasteiger charge is -2.32. The fraction of sp³-hybridized carbons (Fsp3) is 0.458. The minimum absolute atomic E-state index is 0.0376. The Bertz CT molecular complexity index is 1190. The van der Waals surface area contributed by atoms with Crippen molar-refractivity contribution >= 4 is 17.5 Å². The maximum Gasteiger partial charge on any atom is 0.417 e. The molecule has 36 heavy (non-hydrogen) atoms. The second-order valence-electron chi connectivity index (χ2n) is 9.19. The third-order valence-corrected chi connectivity index (χ3v) is 6.98. The first kappa shape index (κ1) is 25.8. The second-order valence-corrected chi connectivity index (χ2v) is 9.19. The highest BCUT2D eigenvalue weighted by molar-refractivity contribution is 5.97. The normalized spacial score (nSPS) is 26.4. The molecule has 0 spiro atoms. The maximum absolute atomic E-state index is 14.9. The van der Waals surface area contributed by atoms with E-state index in [1.807, 2.05) is 0 Å². The van der Waals surface area contributed by atoms with Crippen LogP contribution in [0, 0.1) is 17.6 Å². The summed E-state index contributed by atoms with van der Waals surface area (Å²) in [6.07, 6.45) is -3.89. The Labute approximate surface area is 203 Å². The molecular formula is C24H24F5N3O4. The molecule has 0 bridgehead atoms. The van der Waals surface area contributed by atoms with Crippen LogP contribution < -0.4 is 15.8 Å². The Balaban J connectivity index is 1.76. The van der Waals surface area contributed by atoms with Crippen molar-refractivity contribution < 1.29 is 41.0 Å². The minimum atomic E-state index is -4.89. The summed E-state index contributed by atoms with van der Waals surface area (Å²) >= 11 is 0. The summed E-state index contributed by atoms with van der Waals surface area (Å²) in [4.78, 5) is 28.4. The molecule has 4 rings (SSSR count). The van der Waals surface area contributed by atoms with Crippen LogP contribution in [0.2, 0.25) is 0 Å². The van der Waals surface area contributed by atoms with Crippen molar-refractivity contribution in [1.29, 1.82) is 0 Å². The Hall–Kier alpha value is -3.28. The van der Waals surface area contributed by atoms with Crippen molar-refractivity contribution in [2.45, 2.75) is 63.0 Å². The fourth-order valence-corrected chi connectivity index (χ4v) is 4.46. The van der Waals surface area contributed by atoms with E-state index in [0.717, 1.165) is 31.5 Å². The lowest BCUT2D eigenvalue weighted by Crippen LogP contribution is -2.47. The third kappa shape index (κ3) is 4.49. The number of rotatable bonds is 6. The molecule has 2 aliphatic rings. The molecule has 2 fully saturated rings. The molecule has 3 N–H and O–H groups in total. The summed E-state index contributed by atoms with van der Waals surface area (Å²) in [5.41, 5.74) is 2.16. The molecule has 7 nitrogen and oxygen atoms in total. The van der Waals surface area contributed by atoms with Gasteiger partial charge in [0.15, 0.2) is 17.2 Å². The van der Waals surface area contributed by atoms with Gasteiger partial charge in [-0.2, -0.15) is 17.6 Å². The van der Waals surface area contributed by atoms with E-state index in [2.05, 4.69) is 10.3 Å². The first-order valence-corrected chi connectivity index (χ1v) is 11.3. The molecule has 2 amide bonds. The smallest absolute Gasteiger partial charge is 0.417 e. The highest BCUT2D eigenvalue weighted by Gasteiger charge is 2.66. The monoisotopic (exact) mass is 513 g/mol. The number of aromatic nitrogens is 1. The van der Waals surface area contributed by atoms with Gasteiger partial charge in [-0.25, -0.2) is 4.39 Å². The molecule has 1 saturated heterocycles. The predicted octanol–water partition coefficient (Wildman–Crippen LogP) is 4.47. The Morgan fingerprint density at radius 1 is 1.22 bits per heavy atom. The van der Waals surface area contributed by atoms with E-state index < -0.39 is 65.0 Å². The Morgan fingerprint density at radius 3 is 2.50 bits per heavy atom. The molecule has 4 unspecified atom stereocenters. The number of benzene rings is 1. The van der Waals surface area contributed by atoms with Crippen LogP contribution in [-0.4, -0.2) is 40.8 Å². The number of nitrogens with one attached hydrogen (secondary N) is 1. The van der Waals surface area contributed by atoms with Gasteiger partial charge in [0.2, 0.25) is 5.82 Å². The lowest BCUT2D eigenvalue weighted by molar-refractivity contribution is -0.272. The van der Waals surface area contributed by atoms with Gasteiger partial charge in [0, 0.05) is 29.3 Å². The van der Waals surface area contributed by atoms with Gasteiger partial charge >= 0.3 is 6.18 Å². The standard InChI is InChI=1S/C24H24F5N3O4/c1-11-17(14-6-7-15(25)18(26)19(14)35-13-4-3-5-13)20(36-23(11,2)24(27,28)29)22(34)32-12-8-9-31-16(10-12)21(30)33/h6-11,13,17,20H,3-5H2,1-2H3,(H2,30,33)(H,31,32,34). The summed E-state index contributed by atoms with van der Waals surface area (Å²) in [5.74, 6) is -7.69. The van der Waals surface area contributed by atoms with E-state index in [-0.39, 0.29) is 16.9 Å². The average Bonchev–Trinajstić information content (AvgIpc) is 3.05. The number of nitrogens with two attached hydrogens (primary N) is 1. The number of pyridine rings is 1. The van der Waals surface area contributed by atoms with Crippen molar-refractivity contribution in [2.24, 2.45) is 11.7 Å². The number of amides is 2. The number of alkyl halides is 3. The van der Waals surface area contributed by atoms with Crippen LogP contribution in [0.1, 0.15) is 55.1 Å². The summed E-state index contributed by atoms with van der Waals surface area (Å²) in [6, 6.07) is 4.37. The number of hydrogen-bond acceptors (Lipinski definition) is 5. The largest absolute Gasteiger partial charge is 0.487 e. The molecule has 12 heteroatoms. The van der Waals surface area contributed by atoms with Crippen molar-refractivity contribution in [3.63, 3.8) is 0 Å². The first-order chi connectivity index (χ1) is 16.8. The van der Waals surface area contributed by atoms with Crippen LogP contribution in [0.25, 0.3) is 0 Å². The third-order valence-electron chi connectivity index (χ3n) is 6.98. The van der Waals surface area contributed by atoms with Crippen LogP contribution in [0.3, 0.4) is 0 Å². The van der Waals surface area contributed by atoms with Crippen LogP contribution in [0.15, 0.2) is 30.5 Å². The second kappa shape index (κ2) is 9.30. The topological polar surface area (TPSA) is 104 Å². The zero-order chi connectivity index (χ0) is 26.4. The van der Waals surface area contributed by atoms with Gasteiger partial charge in [-0.3, -0.25) is 14.6 Å². The van der Waals surface area contributed by atoms with Crippen molar-refractivity contribution in [3.8, 4) is 5.75 Å². The Morgan fingerprint density at radius 2 is 1.92 bits per heavy atom. The molecule has 2 aromatic rings. The molecule has 2 heterocycles. The molecule has 194 valence electrons. The number of hydrogen-bond donors (Lipinski definition) is 2. The van der Waals surface area contributed by atoms with Gasteiger partial charge in [0.1, 0.15) is 11.8 Å². The van der Waals surface area contributed by atoms with E-state index in [9.17, 15) is 31.5 Å². The van der Waals surface area contributed by atoms with Gasteiger partial charge in [-0.15, -0.1) is 0 Å².